The van der Waals surface area contributed by atoms with Gasteiger partial charge in [0.2, 0.25) is 0 Å². The zero-order valence-corrected chi connectivity index (χ0v) is 11.8. The van der Waals surface area contributed by atoms with E-state index in [9.17, 15) is 4.79 Å². The standard InChI is InChI=1S/C14H16N2OSi/c1-5-12(18(2,3)4)13-10-8-6-7-9-11(10)14(17)16-15-13/h1,6-9,12H,2-4H3,(H,16,17). The first-order chi connectivity index (χ1) is 8.45. The zero-order chi connectivity index (χ0) is 13.3. The summed E-state index contributed by atoms with van der Waals surface area (Å²) < 4.78 is 0. The summed E-state index contributed by atoms with van der Waals surface area (Å²) >= 11 is 0. The van der Waals surface area contributed by atoms with Crippen molar-refractivity contribution in [3.8, 4) is 12.3 Å². The highest BCUT2D eigenvalue weighted by Crippen LogP contribution is 2.28. The fourth-order valence-electron chi connectivity index (χ4n) is 2.10. The van der Waals surface area contributed by atoms with Crippen LogP contribution in [0.4, 0.5) is 0 Å². The van der Waals surface area contributed by atoms with E-state index in [0.717, 1.165) is 11.1 Å². The Balaban J connectivity index is 2.77. The Bertz CT molecular complexity index is 676. The largest absolute Gasteiger partial charge is 0.272 e. The molecule has 1 N–H and O–H groups in total. The summed E-state index contributed by atoms with van der Waals surface area (Å²) in [4.78, 5) is 11.7. The highest BCUT2D eigenvalue weighted by atomic mass is 28.3. The number of terminal acetylenes is 1. The van der Waals surface area contributed by atoms with E-state index in [1.807, 2.05) is 18.2 Å². The first-order valence-electron chi connectivity index (χ1n) is 5.88. The van der Waals surface area contributed by atoms with Gasteiger partial charge in [-0.25, -0.2) is 5.10 Å². The molecule has 0 aliphatic rings. The van der Waals surface area contributed by atoms with Gasteiger partial charge in [-0.05, 0) is 6.07 Å². The van der Waals surface area contributed by atoms with Crippen LogP contribution in [-0.4, -0.2) is 18.3 Å². The summed E-state index contributed by atoms with van der Waals surface area (Å²) in [6, 6.07) is 7.47. The molecule has 0 saturated heterocycles. The molecule has 1 atom stereocenters. The Morgan fingerprint density at radius 3 is 2.44 bits per heavy atom. The molecule has 1 unspecified atom stereocenters. The third-order valence-corrected chi connectivity index (χ3v) is 5.20. The number of hydrogen-bond donors (Lipinski definition) is 1. The maximum absolute atomic E-state index is 11.7. The molecule has 0 saturated carbocycles. The molecule has 1 aromatic heterocycles. The van der Waals surface area contributed by atoms with Gasteiger partial charge in [0.1, 0.15) is 0 Å². The van der Waals surface area contributed by atoms with Crippen molar-refractivity contribution < 1.29 is 0 Å². The van der Waals surface area contributed by atoms with Gasteiger partial charge in [0.15, 0.2) is 0 Å². The fourth-order valence-corrected chi connectivity index (χ4v) is 3.64. The number of H-pyrrole nitrogens is 1. The van der Waals surface area contributed by atoms with Gasteiger partial charge in [-0.1, -0.05) is 37.8 Å². The normalized spacial score (nSPS) is 13.2. The topological polar surface area (TPSA) is 45.8 Å². The lowest BCUT2D eigenvalue weighted by Crippen LogP contribution is -2.31. The van der Waals surface area contributed by atoms with E-state index in [0.29, 0.717) is 5.39 Å². The SMILES string of the molecule is C#CC(c1n[nH]c(=O)c2ccccc12)[Si](C)(C)C. The molecule has 0 spiro atoms. The van der Waals surface area contributed by atoms with Gasteiger partial charge in [0, 0.05) is 5.39 Å². The number of rotatable bonds is 2. The molecule has 4 heteroatoms. The van der Waals surface area contributed by atoms with Crippen molar-refractivity contribution in [2.45, 2.75) is 25.2 Å². The number of aromatic nitrogens is 2. The van der Waals surface area contributed by atoms with E-state index < -0.39 is 8.07 Å². The number of nitrogens with zero attached hydrogens (tertiary/aromatic N) is 1. The highest BCUT2D eigenvalue weighted by Gasteiger charge is 2.29. The van der Waals surface area contributed by atoms with Crippen LogP contribution >= 0.6 is 0 Å². The van der Waals surface area contributed by atoms with Crippen LogP contribution in [0.5, 0.6) is 0 Å². The van der Waals surface area contributed by atoms with Crippen LogP contribution in [0.3, 0.4) is 0 Å². The Morgan fingerprint density at radius 1 is 1.28 bits per heavy atom. The molecule has 0 aliphatic carbocycles. The molecule has 0 fully saturated rings. The molecule has 2 rings (SSSR count). The number of aromatic amines is 1. The monoisotopic (exact) mass is 256 g/mol. The maximum atomic E-state index is 11.7. The molecule has 0 aliphatic heterocycles. The first-order valence-corrected chi connectivity index (χ1v) is 9.46. The Labute approximate surface area is 107 Å². The molecule has 0 bridgehead atoms. The van der Waals surface area contributed by atoms with Crippen LogP contribution in [0.15, 0.2) is 29.1 Å². The lowest BCUT2D eigenvalue weighted by molar-refractivity contribution is 0.927. The average molecular weight is 256 g/mol. The van der Waals surface area contributed by atoms with Crippen LogP contribution in [0.2, 0.25) is 19.6 Å². The fraction of sp³-hybridized carbons (Fsp3) is 0.286. The number of benzene rings is 1. The molecule has 92 valence electrons. The minimum Gasteiger partial charge on any atom is -0.267 e. The van der Waals surface area contributed by atoms with E-state index in [4.69, 9.17) is 6.42 Å². The second-order valence-electron chi connectivity index (χ2n) is 5.45. The summed E-state index contributed by atoms with van der Waals surface area (Å²) in [5, 5.41) is 8.27. The average Bonchev–Trinajstić information content (AvgIpc) is 2.32. The lowest BCUT2D eigenvalue weighted by Gasteiger charge is -2.24. The van der Waals surface area contributed by atoms with Crippen molar-refractivity contribution in [2.24, 2.45) is 0 Å². The molecule has 1 aromatic carbocycles. The van der Waals surface area contributed by atoms with E-state index in [2.05, 4.69) is 35.8 Å². The number of fused-ring (bicyclic) bond motifs is 1. The van der Waals surface area contributed by atoms with Crippen LogP contribution < -0.4 is 5.56 Å². The van der Waals surface area contributed by atoms with Crippen molar-refractivity contribution in [2.75, 3.05) is 0 Å². The zero-order valence-electron chi connectivity index (χ0n) is 10.8. The minimum absolute atomic E-state index is 0.000694. The van der Waals surface area contributed by atoms with Gasteiger partial charge in [-0.3, -0.25) is 4.79 Å². The summed E-state index contributed by atoms with van der Waals surface area (Å²) in [5.74, 6) is 2.85. The third-order valence-electron chi connectivity index (χ3n) is 3.03. The predicted molar refractivity (Wildman–Crippen MR) is 77.3 cm³/mol. The summed E-state index contributed by atoms with van der Waals surface area (Å²) in [7, 11) is -1.58. The highest BCUT2D eigenvalue weighted by molar-refractivity contribution is 6.78. The molecule has 2 aromatic rings. The van der Waals surface area contributed by atoms with Gasteiger partial charge >= 0.3 is 0 Å². The van der Waals surface area contributed by atoms with Gasteiger partial charge in [-0.2, -0.15) is 5.10 Å². The summed E-state index contributed by atoms with van der Waals surface area (Å²) in [6.07, 6.45) is 5.67. The smallest absolute Gasteiger partial charge is 0.267 e. The summed E-state index contributed by atoms with van der Waals surface area (Å²) in [5.41, 5.74) is 0.659. The quantitative estimate of drug-likeness (QED) is 0.663. The van der Waals surface area contributed by atoms with Gasteiger partial charge in [0.25, 0.3) is 5.56 Å². The lowest BCUT2D eigenvalue weighted by atomic mass is 10.1. The van der Waals surface area contributed by atoms with Gasteiger partial charge in [-0.15, -0.1) is 12.3 Å². The Kier molecular flexibility index (Phi) is 3.10. The molecule has 18 heavy (non-hydrogen) atoms. The van der Waals surface area contributed by atoms with Crippen LogP contribution in [0.25, 0.3) is 10.8 Å². The second kappa shape index (κ2) is 4.43. The minimum atomic E-state index is -1.58. The van der Waals surface area contributed by atoms with Gasteiger partial charge in [0.05, 0.1) is 24.7 Å². The predicted octanol–water partition coefficient (Wildman–Crippen LogP) is 2.52. The molecule has 0 amide bonds. The van der Waals surface area contributed by atoms with Crippen LogP contribution in [0, 0.1) is 12.3 Å². The summed E-state index contributed by atoms with van der Waals surface area (Å²) in [6.45, 7) is 6.62. The Hall–Kier alpha value is -1.86. The van der Waals surface area contributed by atoms with Gasteiger partial charge < -0.3 is 0 Å². The number of hydrogen-bond acceptors (Lipinski definition) is 2. The molecule has 1 heterocycles. The molecular weight excluding hydrogens is 240 g/mol. The van der Waals surface area contributed by atoms with Crippen molar-refractivity contribution >= 4 is 18.8 Å². The van der Waals surface area contributed by atoms with Crippen LogP contribution in [0.1, 0.15) is 11.2 Å². The van der Waals surface area contributed by atoms with Crippen molar-refractivity contribution in [3.63, 3.8) is 0 Å². The molecular formula is C14H16N2OSi. The third kappa shape index (κ3) is 2.09. The maximum Gasteiger partial charge on any atom is 0.272 e. The van der Waals surface area contributed by atoms with E-state index >= 15 is 0 Å². The molecule has 0 radical (unpaired) electrons. The van der Waals surface area contributed by atoms with E-state index in [-0.39, 0.29) is 11.1 Å². The molecule has 3 nitrogen and oxygen atoms in total. The second-order valence-corrected chi connectivity index (χ2v) is 10.8. The van der Waals surface area contributed by atoms with Crippen LogP contribution in [-0.2, 0) is 0 Å². The van der Waals surface area contributed by atoms with Crippen molar-refractivity contribution in [1.82, 2.24) is 10.2 Å². The van der Waals surface area contributed by atoms with E-state index in [1.54, 1.807) is 6.07 Å². The van der Waals surface area contributed by atoms with E-state index in [1.165, 1.54) is 0 Å². The number of nitrogens with one attached hydrogen (secondary N) is 1. The van der Waals surface area contributed by atoms with Crippen molar-refractivity contribution in [1.29, 1.82) is 0 Å². The first kappa shape index (κ1) is 12.6. The van der Waals surface area contributed by atoms with Crippen molar-refractivity contribution in [3.05, 3.63) is 40.3 Å². The Morgan fingerprint density at radius 2 is 1.89 bits per heavy atom.